The number of likely N-dealkylation sites (tertiary alicyclic amines) is 1. The first-order valence-corrected chi connectivity index (χ1v) is 9.63. The summed E-state index contributed by atoms with van der Waals surface area (Å²) in [5, 5.41) is 0.918. The van der Waals surface area contributed by atoms with E-state index < -0.39 is 0 Å². The van der Waals surface area contributed by atoms with Crippen molar-refractivity contribution in [2.24, 2.45) is 5.92 Å². The van der Waals surface area contributed by atoms with Crippen molar-refractivity contribution in [1.82, 2.24) is 4.90 Å². The number of thioether (sulfide) groups is 1. The number of benzene rings is 1. The molecule has 1 fully saturated rings. The van der Waals surface area contributed by atoms with Crippen LogP contribution >= 0.6 is 35.0 Å². The fourth-order valence-electron chi connectivity index (χ4n) is 2.66. The van der Waals surface area contributed by atoms with Crippen LogP contribution in [0.4, 0.5) is 0 Å². The van der Waals surface area contributed by atoms with Crippen molar-refractivity contribution in [3.8, 4) is 0 Å². The zero-order valence-corrected chi connectivity index (χ0v) is 16.1. The molecule has 1 aliphatic heterocycles. The Balaban J connectivity index is 1.90. The van der Waals surface area contributed by atoms with Crippen LogP contribution in [0.5, 0.6) is 0 Å². The molecule has 24 heavy (non-hydrogen) atoms. The van der Waals surface area contributed by atoms with Gasteiger partial charge in [-0.3, -0.25) is 9.59 Å². The average Bonchev–Trinajstić information content (AvgIpc) is 2.57. The standard InChI is InChI=1S/C17H21Cl2NO3S/c1-3-23-17(22)12-6-8-20(9-7-12)16(21)11(2)24-15-10-13(18)4-5-14(15)19/h4-5,10-12H,3,6-9H2,1-2H3. The first-order valence-electron chi connectivity index (χ1n) is 7.99. The van der Waals surface area contributed by atoms with Crippen LogP contribution < -0.4 is 0 Å². The molecular weight excluding hydrogens is 369 g/mol. The van der Waals surface area contributed by atoms with Crippen molar-refractivity contribution >= 4 is 46.8 Å². The number of hydrogen-bond donors (Lipinski definition) is 0. The Morgan fingerprint density at radius 1 is 1.33 bits per heavy atom. The van der Waals surface area contributed by atoms with E-state index in [0.717, 1.165) is 4.90 Å². The van der Waals surface area contributed by atoms with Gasteiger partial charge in [-0.2, -0.15) is 0 Å². The molecule has 1 aliphatic rings. The summed E-state index contributed by atoms with van der Waals surface area (Å²) < 4.78 is 5.05. The van der Waals surface area contributed by atoms with E-state index >= 15 is 0 Å². The number of esters is 1. The van der Waals surface area contributed by atoms with Crippen LogP contribution in [0.2, 0.25) is 10.0 Å². The number of hydrogen-bond acceptors (Lipinski definition) is 4. The van der Waals surface area contributed by atoms with Crippen LogP contribution in [0.1, 0.15) is 26.7 Å². The molecule has 2 rings (SSSR count). The largest absolute Gasteiger partial charge is 0.466 e. The van der Waals surface area contributed by atoms with Crippen molar-refractivity contribution in [3.63, 3.8) is 0 Å². The lowest BCUT2D eigenvalue weighted by Crippen LogP contribution is -2.43. The van der Waals surface area contributed by atoms with Crippen LogP contribution in [0.15, 0.2) is 23.1 Å². The third-order valence-electron chi connectivity index (χ3n) is 3.97. The first-order chi connectivity index (χ1) is 11.4. The van der Waals surface area contributed by atoms with Gasteiger partial charge in [-0.25, -0.2) is 0 Å². The second-order valence-corrected chi connectivity index (χ2v) is 7.91. The van der Waals surface area contributed by atoms with E-state index in [1.54, 1.807) is 25.1 Å². The number of carbonyl (C=O) groups is 2. The smallest absolute Gasteiger partial charge is 0.309 e. The fraction of sp³-hybridized carbons (Fsp3) is 0.529. The molecule has 1 aromatic rings. The number of amides is 1. The molecule has 0 radical (unpaired) electrons. The number of nitrogens with zero attached hydrogens (tertiary/aromatic N) is 1. The average molecular weight is 390 g/mol. The van der Waals surface area contributed by atoms with Gasteiger partial charge < -0.3 is 9.64 Å². The number of halogens is 2. The fourth-order valence-corrected chi connectivity index (χ4v) is 4.16. The highest BCUT2D eigenvalue weighted by Crippen LogP contribution is 2.33. The second-order valence-electron chi connectivity index (χ2n) is 5.69. The van der Waals surface area contributed by atoms with E-state index in [0.29, 0.717) is 42.6 Å². The van der Waals surface area contributed by atoms with Gasteiger partial charge in [0.05, 0.1) is 22.8 Å². The van der Waals surface area contributed by atoms with Crippen LogP contribution in [0.3, 0.4) is 0 Å². The highest BCUT2D eigenvalue weighted by molar-refractivity contribution is 8.00. The summed E-state index contributed by atoms with van der Waals surface area (Å²) in [7, 11) is 0. The highest BCUT2D eigenvalue weighted by Gasteiger charge is 2.30. The van der Waals surface area contributed by atoms with Gasteiger partial charge in [0.2, 0.25) is 5.91 Å². The molecule has 1 unspecified atom stereocenters. The molecule has 0 spiro atoms. The zero-order valence-electron chi connectivity index (χ0n) is 13.8. The molecule has 0 saturated carbocycles. The van der Waals surface area contributed by atoms with Crippen molar-refractivity contribution < 1.29 is 14.3 Å². The number of rotatable bonds is 5. The van der Waals surface area contributed by atoms with Crippen molar-refractivity contribution in [3.05, 3.63) is 28.2 Å². The Labute approximate surface area is 156 Å². The lowest BCUT2D eigenvalue weighted by atomic mass is 9.97. The molecule has 1 amide bonds. The molecule has 0 aromatic heterocycles. The van der Waals surface area contributed by atoms with Gasteiger partial charge in [-0.15, -0.1) is 11.8 Å². The maximum absolute atomic E-state index is 12.6. The summed E-state index contributed by atoms with van der Waals surface area (Å²) in [6.07, 6.45) is 1.31. The van der Waals surface area contributed by atoms with Crippen molar-refractivity contribution in [2.45, 2.75) is 36.8 Å². The van der Waals surface area contributed by atoms with Crippen LogP contribution in [0, 0.1) is 5.92 Å². The quantitative estimate of drug-likeness (QED) is 0.556. The third kappa shape index (κ3) is 5.04. The van der Waals surface area contributed by atoms with Gasteiger partial charge in [0.15, 0.2) is 0 Å². The van der Waals surface area contributed by atoms with E-state index in [4.69, 9.17) is 27.9 Å². The minimum absolute atomic E-state index is 0.0540. The van der Waals surface area contributed by atoms with Gasteiger partial charge in [-0.1, -0.05) is 23.2 Å². The Bertz CT molecular complexity index is 603. The molecule has 4 nitrogen and oxygen atoms in total. The molecule has 1 saturated heterocycles. The molecule has 132 valence electrons. The summed E-state index contributed by atoms with van der Waals surface area (Å²) >= 11 is 13.5. The molecular formula is C17H21Cl2NO3S. The zero-order chi connectivity index (χ0) is 17.7. The second kappa shape index (κ2) is 8.97. The van der Waals surface area contributed by atoms with Gasteiger partial charge >= 0.3 is 5.97 Å². The van der Waals surface area contributed by atoms with E-state index in [9.17, 15) is 9.59 Å². The highest BCUT2D eigenvalue weighted by atomic mass is 35.5. The maximum atomic E-state index is 12.6. The molecule has 0 bridgehead atoms. The molecule has 1 heterocycles. The predicted octanol–water partition coefficient (Wildman–Crippen LogP) is 4.28. The summed E-state index contributed by atoms with van der Waals surface area (Å²) in [6.45, 7) is 5.22. The van der Waals surface area contributed by atoms with Gasteiger partial charge in [0.25, 0.3) is 0 Å². The molecule has 0 aliphatic carbocycles. The summed E-state index contributed by atoms with van der Waals surface area (Å²) in [4.78, 5) is 27.0. The summed E-state index contributed by atoms with van der Waals surface area (Å²) in [5.41, 5.74) is 0. The maximum Gasteiger partial charge on any atom is 0.309 e. The molecule has 7 heteroatoms. The van der Waals surface area contributed by atoms with Crippen LogP contribution in [-0.2, 0) is 14.3 Å². The van der Waals surface area contributed by atoms with Crippen molar-refractivity contribution in [1.29, 1.82) is 0 Å². The number of carbonyl (C=O) groups excluding carboxylic acids is 2. The lowest BCUT2D eigenvalue weighted by molar-refractivity contribution is -0.151. The predicted molar refractivity (Wildman–Crippen MR) is 97.7 cm³/mol. The van der Waals surface area contributed by atoms with Gasteiger partial charge in [-0.05, 0) is 44.9 Å². The van der Waals surface area contributed by atoms with E-state index in [1.807, 2.05) is 11.8 Å². The SMILES string of the molecule is CCOC(=O)C1CCN(C(=O)C(C)Sc2cc(Cl)ccc2Cl)CC1. The minimum Gasteiger partial charge on any atom is -0.466 e. The Morgan fingerprint density at radius 2 is 2.00 bits per heavy atom. The summed E-state index contributed by atoms with van der Waals surface area (Å²) in [5.74, 6) is -0.199. The number of piperidine rings is 1. The van der Waals surface area contributed by atoms with E-state index in [2.05, 4.69) is 0 Å². The third-order valence-corrected chi connectivity index (χ3v) is 5.79. The summed E-state index contributed by atoms with van der Waals surface area (Å²) in [6, 6.07) is 5.22. The van der Waals surface area contributed by atoms with Crippen LogP contribution in [-0.4, -0.2) is 41.7 Å². The minimum atomic E-state index is -0.264. The monoisotopic (exact) mass is 389 g/mol. The topological polar surface area (TPSA) is 46.6 Å². The number of ether oxygens (including phenoxy) is 1. The molecule has 0 N–H and O–H groups in total. The normalized spacial score (nSPS) is 16.8. The van der Waals surface area contributed by atoms with E-state index in [-0.39, 0.29) is 23.0 Å². The van der Waals surface area contributed by atoms with E-state index in [1.165, 1.54) is 11.8 Å². The Hall–Kier alpha value is -0.910. The Kier molecular flexibility index (Phi) is 7.26. The Morgan fingerprint density at radius 3 is 2.62 bits per heavy atom. The first kappa shape index (κ1) is 19.4. The van der Waals surface area contributed by atoms with Gasteiger partial charge in [0, 0.05) is 23.0 Å². The molecule has 1 atom stereocenters. The lowest BCUT2D eigenvalue weighted by Gasteiger charge is -2.32. The van der Waals surface area contributed by atoms with Crippen LogP contribution in [0.25, 0.3) is 0 Å². The van der Waals surface area contributed by atoms with Gasteiger partial charge in [0.1, 0.15) is 0 Å². The molecule has 1 aromatic carbocycles. The van der Waals surface area contributed by atoms with Crippen molar-refractivity contribution in [2.75, 3.05) is 19.7 Å².